The number of hydrogen-bond acceptors (Lipinski definition) is 8. The van der Waals surface area contributed by atoms with Gasteiger partial charge in [0.05, 0.1) is 24.3 Å². The van der Waals surface area contributed by atoms with Crippen LogP contribution in [0, 0.1) is 0 Å². The van der Waals surface area contributed by atoms with Crippen LogP contribution in [0.4, 0.5) is 0 Å². The molecule has 0 N–H and O–H groups in total. The first kappa shape index (κ1) is 33.1. The molecular formula is C30H46O8. The molecule has 0 aromatic heterocycles. The maximum absolute atomic E-state index is 12.7. The Balaban J connectivity index is 2.51. The Labute approximate surface area is 227 Å². The van der Waals surface area contributed by atoms with Gasteiger partial charge >= 0.3 is 23.9 Å². The van der Waals surface area contributed by atoms with E-state index < -0.39 is 36.1 Å². The summed E-state index contributed by atoms with van der Waals surface area (Å²) in [6.45, 7) is 7.68. The van der Waals surface area contributed by atoms with Gasteiger partial charge in [0.1, 0.15) is 0 Å². The molecule has 2 unspecified atom stereocenters. The van der Waals surface area contributed by atoms with Crippen molar-refractivity contribution in [3.05, 3.63) is 35.4 Å². The van der Waals surface area contributed by atoms with E-state index in [1.807, 2.05) is 0 Å². The zero-order valence-corrected chi connectivity index (χ0v) is 23.6. The van der Waals surface area contributed by atoms with Gasteiger partial charge in [-0.05, 0) is 38.8 Å². The third-order valence-electron chi connectivity index (χ3n) is 6.08. The highest BCUT2D eigenvalue weighted by Crippen LogP contribution is 2.15. The summed E-state index contributed by atoms with van der Waals surface area (Å²) in [6, 6.07) is 5.92. The molecular weight excluding hydrogens is 488 g/mol. The molecule has 0 heterocycles. The van der Waals surface area contributed by atoms with E-state index in [4.69, 9.17) is 18.9 Å². The van der Waals surface area contributed by atoms with Crippen molar-refractivity contribution in [2.75, 3.05) is 13.2 Å². The van der Waals surface area contributed by atoms with Gasteiger partial charge < -0.3 is 18.9 Å². The molecule has 0 bridgehead atoms. The second-order valence-electron chi connectivity index (χ2n) is 9.51. The smallest absolute Gasteiger partial charge is 0.347 e. The van der Waals surface area contributed by atoms with Gasteiger partial charge in [0.2, 0.25) is 0 Å². The van der Waals surface area contributed by atoms with Gasteiger partial charge in [-0.3, -0.25) is 0 Å². The minimum atomic E-state index is -1.14. The topological polar surface area (TPSA) is 105 Å². The monoisotopic (exact) mass is 534 g/mol. The standard InChI is InChI=1S/C30H46O8/c1-5-7-9-11-13-17-21-35-27(31)23(3)37-29(33)25-19-15-16-20-26(25)30(34)38-24(4)28(32)36-22-18-14-12-10-8-6-2/h15-16,19-20,23-24H,5-14,17-18,21-22H2,1-4H3. The fourth-order valence-electron chi connectivity index (χ4n) is 3.73. The lowest BCUT2D eigenvalue weighted by Gasteiger charge is -2.16. The van der Waals surface area contributed by atoms with Gasteiger partial charge in [-0.15, -0.1) is 0 Å². The molecule has 0 saturated carbocycles. The van der Waals surface area contributed by atoms with E-state index in [2.05, 4.69) is 13.8 Å². The number of rotatable bonds is 20. The fourth-order valence-corrected chi connectivity index (χ4v) is 3.73. The van der Waals surface area contributed by atoms with Crippen LogP contribution >= 0.6 is 0 Å². The second kappa shape index (κ2) is 20.1. The average Bonchev–Trinajstić information content (AvgIpc) is 2.91. The van der Waals surface area contributed by atoms with Crippen LogP contribution in [0.1, 0.15) is 125 Å². The van der Waals surface area contributed by atoms with Crippen molar-refractivity contribution in [3.8, 4) is 0 Å². The Bertz CT molecular complexity index is 781. The van der Waals surface area contributed by atoms with Crippen molar-refractivity contribution in [1.82, 2.24) is 0 Å². The Morgan fingerprint density at radius 2 is 0.921 bits per heavy atom. The summed E-state index contributed by atoms with van der Waals surface area (Å²) >= 11 is 0. The summed E-state index contributed by atoms with van der Waals surface area (Å²) in [5, 5.41) is 0. The SMILES string of the molecule is CCCCCCCCOC(=O)C(C)OC(=O)c1ccccc1C(=O)OC(C)C(=O)OCCCCCCCC. The second-order valence-corrected chi connectivity index (χ2v) is 9.51. The molecule has 214 valence electrons. The largest absolute Gasteiger partial charge is 0.463 e. The average molecular weight is 535 g/mol. The lowest BCUT2D eigenvalue weighted by molar-refractivity contribution is -0.153. The van der Waals surface area contributed by atoms with Crippen LogP contribution in [0.25, 0.3) is 0 Å². The van der Waals surface area contributed by atoms with Gasteiger partial charge in [0, 0.05) is 0 Å². The van der Waals surface area contributed by atoms with E-state index in [0.717, 1.165) is 38.5 Å². The molecule has 0 radical (unpaired) electrons. The fraction of sp³-hybridized carbons (Fsp3) is 0.667. The predicted molar refractivity (Wildman–Crippen MR) is 145 cm³/mol. The lowest BCUT2D eigenvalue weighted by atomic mass is 10.1. The Morgan fingerprint density at radius 1 is 0.579 bits per heavy atom. The summed E-state index contributed by atoms with van der Waals surface area (Å²) in [7, 11) is 0. The number of unbranched alkanes of at least 4 members (excludes halogenated alkanes) is 10. The van der Waals surface area contributed by atoms with Crippen LogP contribution in [-0.4, -0.2) is 49.3 Å². The number of carbonyl (C=O) groups is 4. The quantitative estimate of drug-likeness (QED) is 0.105. The van der Waals surface area contributed by atoms with Gasteiger partial charge in [0.25, 0.3) is 0 Å². The highest BCUT2D eigenvalue weighted by molar-refractivity contribution is 6.04. The van der Waals surface area contributed by atoms with Crippen molar-refractivity contribution in [2.45, 2.75) is 117 Å². The van der Waals surface area contributed by atoms with E-state index >= 15 is 0 Å². The highest BCUT2D eigenvalue weighted by atomic mass is 16.6. The third-order valence-corrected chi connectivity index (χ3v) is 6.08. The lowest BCUT2D eigenvalue weighted by Crippen LogP contribution is -2.29. The maximum atomic E-state index is 12.7. The van der Waals surface area contributed by atoms with Gasteiger partial charge in [-0.1, -0.05) is 90.2 Å². The van der Waals surface area contributed by atoms with E-state index in [1.54, 1.807) is 12.1 Å². The van der Waals surface area contributed by atoms with E-state index in [9.17, 15) is 19.2 Å². The van der Waals surface area contributed by atoms with E-state index in [0.29, 0.717) is 0 Å². The summed E-state index contributed by atoms with van der Waals surface area (Å²) in [6.07, 6.45) is 10.4. The first-order chi connectivity index (χ1) is 18.3. The van der Waals surface area contributed by atoms with Crippen molar-refractivity contribution in [2.24, 2.45) is 0 Å². The molecule has 0 spiro atoms. The number of ether oxygens (including phenoxy) is 4. The zero-order valence-electron chi connectivity index (χ0n) is 23.6. The third kappa shape index (κ3) is 13.6. The summed E-state index contributed by atoms with van der Waals surface area (Å²) in [5.74, 6) is -3.01. The van der Waals surface area contributed by atoms with Crippen molar-refractivity contribution in [1.29, 1.82) is 0 Å². The molecule has 38 heavy (non-hydrogen) atoms. The molecule has 0 aliphatic carbocycles. The maximum Gasteiger partial charge on any atom is 0.347 e. The van der Waals surface area contributed by atoms with Crippen LogP contribution in [-0.2, 0) is 28.5 Å². The Kier molecular flexibility index (Phi) is 17.5. The summed E-state index contributed by atoms with van der Waals surface area (Å²) in [4.78, 5) is 49.9. The van der Waals surface area contributed by atoms with Gasteiger partial charge in [0.15, 0.2) is 12.2 Å². The first-order valence-corrected chi connectivity index (χ1v) is 14.2. The molecule has 8 nitrogen and oxygen atoms in total. The normalized spacial score (nSPS) is 12.3. The molecule has 1 rings (SSSR count). The van der Waals surface area contributed by atoms with Gasteiger partial charge in [-0.2, -0.15) is 0 Å². The van der Waals surface area contributed by atoms with Crippen molar-refractivity contribution in [3.63, 3.8) is 0 Å². The number of esters is 4. The van der Waals surface area contributed by atoms with E-state index in [1.165, 1.54) is 64.5 Å². The molecule has 0 saturated heterocycles. The molecule has 0 fully saturated rings. The summed E-state index contributed by atoms with van der Waals surface area (Å²) in [5.41, 5.74) is -0.138. The number of benzene rings is 1. The van der Waals surface area contributed by atoms with Crippen LogP contribution in [0.15, 0.2) is 24.3 Å². The predicted octanol–water partition coefficient (Wildman–Crippen LogP) is 6.58. The minimum Gasteiger partial charge on any atom is -0.463 e. The van der Waals surface area contributed by atoms with Crippen LogP contribution in [0.3, 0.4) is 0 Å². The highest BCUT2D eigenvalue weighted by Gasteiger charge is 2.26. The number of hydrogen-bond donors (Lipinski definition) is 0. The first-order valence-electron chi connectivity index (χ1n) is 14.2. The van der Waals surface area contributed by atoms with E-state index in [-0.39, 0.29) is 24.3 Å². The molecule has 0 amide bonds. The Morgan fingerprint density at radius 3 is 1.29 bits per heavy atom. The van der Waals surface area contributed by atoms with Crippen LogP contribution in [0.5, 0.6) is 0 Å². The molecule has 2 atom stereocenters. The molecule has 0 aliphatic heterocycles. The zero-order chi connectivity index (χ0) is 28.2. The molecule has 8 heteroatoms. The number of carbonyl (C=O) groups excluding carboxylic acids is 4. The van der Waals surface area contributed by atoms with Crippen molar-refractivity contribution >= 4 is 23.9 Å². The van der Waals surface area contributed by atoms with Crippen LogP contribution < -0.4 is 0 Å². The minimum absolute atomic E-state index is 0.0688. The van der Waals surface area contributed by atoms with Gasteiger partial charge in [-0.25, -0.2) is 19.2 Å². The van der Waals surface area contributed by atoms with Crippen molar-refractivity contribution < 1.29 is 38.1 Å². The molecule has 1 aromatic rings. The van der Waals surface area contributed by atoms with Crippen LogP contribution in [0.2, 0.25) is 0 Å². The molecule has 1 aromatic carbocycles. The Hall–Kier alpha value is -2.90. The molecule has 0 aliphatic rings. The summed E-state index contributed by atoms with van der Waals surface area (Å²) < 4.78 is 20.9.